The molecule has 0 amide bonds. The third kappa shape index (κ3) is 8.50. The van der Waals surface area contributed by atoms with E-state index in [0.29, 0.717) is 0 Å². The van der Waals surface area contributed by atoms with Crippen molar-refractivity contribution in [3.05, 3.63) is 0 Å². The van der Waals surface area contributed by atoms with Crippen LogP contribution in [0.1, 0.15) is 85.5 Å². The molecule has 16 heavy (non-hydrogen) atoms. The zero-order valence-electron chi connectivity index (χ0n) is 11.9. The maximum absolute atomic E-state index is 4.74. The lowest BCUT2D eigenvalue weighted by Crippen LogP contribution is -2.24. The molecule has 0 radical (unpaired) electrons. The molecule has 0 aromatic heterocycles. The minimum atomic E-state index is 0.208. The van der Waals surface area contributed by atoms with E-state index in [1.807, 2.05) is 0 Å². The first-order valence-electron chi connectivity index (χ1n) is 7.24. The molecule has 0 aliphatic carbocycles. The molecule has 0 aliphatic rings. The van der Waals surface area contributed by atoms with Crippen molar-refractivity contribution in [2.24, 2.45) is 5.92 Å². The highest BCUT2D eigenvalue weighted by Gasteiger charge is 2.23. The molecule has 0 N–H and O–H groups in total. The molecule has 0 aliphatic heterocycles. The summed E-state index contributed by atoms with van der Waals surface area (Å²) in [6.45, 7) is 9.11. The van der Waals surface area contributed by atoms with Crippen LogP contribution >= 0.6 is 12.6 Å². The van der Waals surface area contributed by atoms with Crippen LogP contribution in [0.5, 0.6) is 0 Å². The maximum atomic E-state index is 4.74. The molecule has 1 heteroatoms. The highest BCUT2D eigenvalue weighted by molar-refractivity contribution is 7.81. The van der Waals surface area contributed by atoms with Gasteiger partial charge in [0.2, 0.25) is 0 Å². The van der Waals surface area contributed by atoms with Crippen LogP contribution in [-0.4, -0.2) is 4.75 Å². The zero-order valence-corrected chi connectivity index (χ0v) is 12.8. The van der Waals surface area contributed by atoms with Crippen molar-refractivity contribution in [1.29, 1.82) is 0 Å². The molecule has 0 bridgehead atoms. The van der Waals surface area contributed by atoms with Crippen LogP contribution in [0.2, 0.25) is 0 Å². The summed E-state index contributed by atoms with van der Waals surface area (Å²) < 4.78 is 0.208. The topological polar surface area (TPSA) is 0 Å². The van der Waals surface area contributed by atoms with Gasteiger partial charge in [-0.05, 0) is 18.8 Å². The van der Waals surface area contributed by atoms with Gasteiger partial charge in [0, 0.05) is 4.75 Å². The minimum absolute atomic E-state index is 0.208. The minimum Gasteiger partial charge on any atom is -0.173 e. The Morgan fingerprint density at radius 2 is 1.38 bits per heavy atom. The van der Waals surface area contributed by atoms with E-state index in [-0.39, 0.29) is 4.75 Å². The van der Waals surface area contributed by atoms with Gasteiger partial charge in [0.05, 0.1) is 0 Å². The fourth-order valence-corrected chi connectivity index (χ4v) is 2.63. The van der Waals surface area contributed by atoms with Crippen LogP contribution in [0, 0.1) is 5.92 Å². The number of hydrogen-bond acceptors (Lipinski definition) is 1. The summed E-state index contributed by atoms with van der Waals surface area (Å²) in [6, 6.07) is 0. The van der Waals surface area contributed by atoms with Gasteiger partial charge >= 0.3 is 0 Å². The average molecular weight is 244 g/mol. The number of unbranched alkanes of at least 4 members (excludes halogenated alkanes) is 5. The van der Waals surface area contributed by atoms with Gasteiger partial charge in [0.15, 0.2) is 0 Å². The van der Waals surface area contributed by atoms with Crippen LogP contribution in [0.3, 0.4) is 0 Å². The summed E-state index contributed by atoms with van der Waals surface area (Å²) in [5.41, 5.74) is 0. The summed E-state index contributed by atoms with van der Waals surface area (Å²) in [6.07, 6.45) is 12.5. The summed E-state index contributed by atoms with van der Waals surface area (Å²) in [4.78, 5) is 0. The van der Waals surface area contributed by atoms with Gasteiger partial charge in [0.1, 0.15) is 0 Å². The molecule has 0 saturated heterocycles. The molecular formula is C15H32S. The lowest BCUT2D eigenvalue weighted by molar-refractivity contribution is 0.352. The van der Waals surface area contributed by atoms with Crippen LogP contribution in [0.25, 0.3) is 0 Å². The smallest absolute Gasteiger partial charge is 0.0101 e. The standard InChI is InChI=1S/C15H32S/c1-5-7-8-9-10-11-13-14(12-6-2)15(3,4)16/h14,16H,5-13H2,1-4H3. The van der Waals surface area contributed by atoms with Crippen molar-refractivity contribution < 1.29 is 0 Å². The molecule has 0 aromatic rings. The highest BCUT2D eigenvalue weighted by atomic mass is 32.1. The van der Waals surface area contributed by atoms with Gasteiger partial charge in [-0.2, -0.15) is 12.6 Å². The van der Waals surface area contributed by atoms with Gasteiger partial charge in [-0.15, -0.1) is 0 Å². The van der Waals surface area contributed by atoms with Gasteiger partial charge < -0.3 is 0 Å². The number of rotatable bonds is 10. The van der Waals surface area contributed by atoms with E-state index in [1.165, 1.54) is 57.8 Å². The maximum Gasteiger partial charge on any atom is 0.0101 e. The second-order valence-corrected chi connectivity index (χ2v) is 6.85. The van der Waals surface area contributed by atoms with Crippen LogP contribution in [-0.2, 0) is 0 Å². The first kappa shape index (κ1) is 16.4. The summed E-state index contributed by atoms with van der Waals surface area (Å²) in [5.74, 6) is 0.798. The summed E-state index contributed by atoms with van der Waals surface area (Å²) in [7, 11) is 0. The molecule has 1 unspecified atom stereocenters. The van der Waals surface area contributed by atoms with E-state index in [0.717, 1.165) is 5.92 Å². The van der Waals surface area contributed by atoms with E-state index >= 15 is 0 Å². The molecule has 0 spiro atoms. The predicted molar refractivity (Wildman–Crippen MR) is 79.5 cm³/mol. The quantitative estimate of drug-likeness (QED) is 0.361. The number of hydrogen-bond donors (Lipinski definition) is 1. The van der Waals surface area contributed by atoms with Crippen molar-refractivity contribution in [2.75, 3.05) is 0 Å². The van der Waals surface area contributed by atoms with Crippen LogP contribution in [0.4, 0.5) is 0 Å². The van der Waals surface area contributed by atoms with Gasteiger partial charge in [-0.1, -0.05) is 72.6 Å². The van der Waals surface area contributed by atoms with E-state index in [4.69, 9.17) is 12.6 Å². The molecule has 0 rings (SSSR count). The molecule has 0 heterocycles. The van der Waals surface area contributed by atoms with Gasteiger partial charge in [0.25, 0.3) is 0 Å². The monoisotopic (exact) mass is 244 g/mol. The molecule has 0 aromatic carbocycles. The lowest BCUT2D eigenvalue weighted by atomic mass is 9.86. The Balaban J connectivity index is 3.61. The van der Waals surface area contributed by atoms with Crippen molar-refractivity contribution in [3.8, 4) is 0 Å². The largest absolute Gasteiger partial charge is 0.173 e. The molecule has 0 saturated carbocycles. The Labute approximate surface area is 109 Å². The SMILES string of the molecule is CCCCCCCCC(CCC)C(C)(C)S. The fourth-order valence-electron chi connectivity index (χ4n) is 2.37. The van der Waals surface area contributed by atoms with Crippen LogP contribution in [0.15, 0.2) is 0 Å². The Bertz CT molecular complexity index is 146. The molecule has 1 atom stereocenters. The third-order valence-corrected chi connectivity index (χ3v) is 3.91. The third-order valence-electron chi connectivity index (χ3n) is 3.54. The predicted octanol–water partition coefficient (Wildman–Crippen LogP) is 5.86. The van der Waals surface area contributed by atoms with E-state index in [2.05, 4.69) is 27.7 Å². The molecule has 0 fully saturated rings. The van der Waals surface area contributed by atoms with Gasteiger partial charge in [-0.3, -0.25) is 0 Å². The number of thiol groups is 1. The van der Waals surface area contributed by atoms with Crippen molar-refractivity contribution >= 4 is 12.6 Å². The summed E-state index contributed by atoms with van der Waals surface area (Å²) >= 11 is 4.74. The van der Waals surface area contributed by atoms with Crippen molar-refractivity contribution in [2.45, 2.75) is 90.2 Å². The van der Waals surface area contributed by atoms with Crippen molar-refractivity contribution in [1.82, 2.24) is 0 Å². The Hall–Kier alpha value is 0.350. The zero-order chi connectivity index (χ0) is 12.4. The lowest BCUT2D eigenvalue weighted by Gasteiger charge is -2.29. The molecule has 0 nitrogen and oxygen atoms in total. The van der Waals surface area contributed by atoms with E-state index in [9.17, 15) is 0 Å². The first-order chi connectivity index (χ1) is 7.52. The molecule has 98 valence electrons. The Kier molecular flexibility index (Phi) is 9.59. The van der Waals surface area contributed by atoms with Crippen LogP contribution < -0.4 is 0 Å². The van der Waals surface area contributed by atoms with E-state index in [1.54, 1.807) is 0 Å². The Morgan fingerprint density at radius 1 is 0.812 bits per heavy atom. The Morgan fingerprint density at radius 3 is 1.88 bits per heavy atom. The summed E-state index contributed by atoms with van der Waals surface area (Å²) in [5, 5.41) is 0. The normalized spacial score (nSPS) is 14.1. The highest BCUT2D eigenvalue weighted by Crippen LogP contribution is 2.32. The second kappa shape index (κ2) is 9.39. The second-order valence-electron chi connectivity index (χ2n) is 5.70. The van der Waals surface area contributed by atoms with Gasteiger partial charge in [-0.25, -0.2) is 0 Å². The van der Waals surface area contributed by atoms with E-state index < -0.39 is 0 Å². The van der Waals surface area contributed by atoms with Crippen molar-refractivity contribution in [3.63, 3.8) is 0 Å². The average Bonchev–Trinajstić information content (AvgIpc) is 2.20. The molecular weight excluding hydrogens is 212 g/mol. The first-order valence-corrected chi connectivity index (χ1v) is 7.69. The fraction of sp³-hybridized carbons (Fsp3) is 1.00.